The van der Waals surface area contributed by atoms with Gasteiger partial charge in [-0.15, -0.1) is 0 Å². The van der Waals surface area contributed by atoms with Gasteiger partial charge in [0.25, 0.3) is 0 Å². The summed E-state index contributed by atoms with van der Waals surface area (Å²) in [6.45, 7) is 9.78. The highest BCUT2D eigenvalue weighted by molar-refractivity contribution is 5.81. The van der Waals surface area contributed by atoms with Gasteiger partial charge in [-0.05, 0) is 31.2 Å². The largest absolute Gasteiger partial charge is 0.358 e. The lowest BCUT2D eigenvalue weighted by atomic mass is 9.78. The fraction of sp³-hybridized carbons (Fsp3) is 0.933. The maximum Gasteiger partial charge on any atom is 0.237 e. The molecule has 0 aromatic carbocycles. The number of amides is 1. The Morgan fingerprint density at radius 3 is 2.53 bits per heavy atom. The Labute approximate surface area is 118 Å². The summed E-state index contributed by atoms with van der Waals surface area (Å²) < 4.78 is 0. The molecule has 1 amide bonds. The Morgan fingerprint density at radius 2 is 2.05 bits per heavy atom. The van der Waals surface area contributed by atoms with Crippen LogP contribution >= 0.6 is 0 Å². The second-order valence-corrected chi connectivity index (χ2v) is 6.75. The summed E-state index contributed by atoms with van der Waals surface area (Å²) in [7, 11) is 1.72. The summed E-state index contributed by atoms with van der Waals surface area (Å²) in [6, 6.07) is 0.353. The average Bonchev–Trinajstić information content (AvgIpc) is 2.36. The molecule has 1 heterocycles. The van der Waals surface area contributed by atoms with Gasteiger partial charge >= 0.3 is 0 Å². The van der Waals surface area contributed by atoms with Crippen LogP contribution in [0.4, 0.5) is 0 Å². The van der Waals surface area contributed by atoms with Gasteiger partial charge in [-0.1, -0.05) is 34.1 Å². The van der Waals surface area contributed by atoms with E-state index in [9.17, 15) is 4.79 Å². The second-order valence-electron chi connectivity index (χ2n) is 6.75. The number of carbonyl (C=O) groups is 1. The van der Waals surface area contributed by atoms with Gasteiger partial charge in [0.05, 0.1) is 6.04 Å². The lowest BCUT2D eigenvalue weighted by molar-refractivity contribution is -0.130. The minimum absolute atomic E-state index is 0.0134. The summed E-state index contributed by atoms with van der Waals surface area (Å²) in [6.07, 6.45) is 4.19. The van der Waals surface area contributed by atoms with E-state index in [1.54, 1.807) is 7.05 Å². The lowest BCUT2D eigenvalue weighted by Crippen LogP contribution is -2.61. The second kappa shape index (κ2) is 6.71. The third kappa shape index (κ3) is 3.93. The molecule has 0 bridgehead atoms. The van der Waals surface area contributed by atoms with Gasteiger partial charge in [-0.25, -0.2) is 0 Å². The van der Waals surface area contributed by atoms with Crippen LogP contribution in [0.5, 0.6) is 0 Å². The molecule has 1 aliphatic heterocycles. The van der Waals surface area contributed by atoms with E-state index < -0.39 is 0 Å². The van der Waals surface area contributed by atoms with Crippen molar-refractivity contribution < 1.29 is 4.79 Å². The van der Waals surface area contributed by atoms with E-state index in [1.807, 2.05) is 0 Å². The number of carbonyl (C=O) groups excluding carboxylic acids is 1. The van der Waals surface area contributed by atoms with Gasteiger partial charge in [-0.2, -0.15) is 0 Å². The van der Waals surface area contributed by atoms with Crippen molar-refractivity contribution in [2.24, 2.45) is 11.1 Å². The number of piperidine rings is 1. The van der Waals surface area contributed by atoms with Gasteiger partial charge in [0.1, 0.15) is 0 Å². The zero-order valence-electron chi connectivity index (χ0n) is 13.2. The SMILES string of the molecule is CCC(N)C(N1CCCCC1C(=O)NC)C(C)(C)C. The molecule has 3 atom stereocenters. The molecule has 4 heteroatoms. The minimum Gasteiger partial charge on any atom is -0.358 e. The smallest absolute Gasteiger partial charge is 0.237 e. The summed E-state index contributed by atoms with van der Waals surface area (Å²) in [5.41, 5.74) is 6.45. The molecule has 3 N–H and O–H groups in total. The highest BCUT2D eigenvalue weighted by Crippen LogP contribution is 2.32. The van der Waals surface area contributed by atoms with Crippen molar-refractivity contribution in [1.82, 2.24) is 10.2 Å². The monoisotopic (exact) mass is 269 g/mol. The number of likely N-dealkylation sites (tertiary alicyclic amines) is 1. The van der Waals surface area contributed by atoms with Crippen molar-refractivity contribution in [1.29, 1.82) is 0 Å². The van der Waals surface area contributed by atoms with Crippen LogP contribution in [-0.2, 0) is 4.79 Å². The molecule has 1 saturated heterocycles. The normalized spacial score (nSPS) is 24.8. The topological polar surface area (TPSA) is 58.4 Å². The summed E-state index contributed by atoms with van der Waals surface area (Å²) >= 11 is 0. The minimum atomic E-state index is -0.0134. The van der Waals surface area contributed by atoms with Gasteiger partial charge in [0.15, 0.2) is 0 Å². The molecule has 1 fully saturated rings. The van der Waals surface area contributed by atoms with Crippen molar-refractivity contribution >= 4 is 5.91 Å². The van der Waals surface area contributed by atoms with E-state index in [2.05, 4.69) is 37.9 Å². The van der Waals surface area contributed by atoms with E-state index >= 15 is 0 Å². The van der Waals surface area contributed by atoms with Crippen LogP contribution in [-0.4, -0.2) is 42.5 Å². The van der Waals surface area contributed by atoms with Crippen molar-refractivity contribution in [3.05, 3.63) is 0 Å². The number of hydrogen-bond donors (Lipinski definition) is 2. The van der Waals surface area contributed by atoms with E-state index in [0.717, 1.165) is 32.2 Å². The first kappa shape index (κ1) is 16.4. The third-order valence-electron chi connectivity index (χ3n) is 4.21. The molecule has 1 rings (SSSR count). The van der Waals surface area contributed by atoms with Crippen molar-refractivity contribution in [2.45, 2.75) is 71.5 Å². The molecule has 112 valence electrons. The zero-order chi connectivity index (χ0) is 14.6. The maximum atomic E-state index is 12.1. The third-order valence-corrected chi connectivity index (χ3v) is 4.21. The average molecular weight is 269 g/mol. The van der Waals surface area contributed by atoms with Crippen LogP contribution in [0.1, 0.15) is 53.4 Å². The van der Waals surface area contributed by atoms with Gasteiger partial charge in [0, 0.05) is 19.1 Å². The van der Waals surface area contributed by atoms with Crippen LogP contribution < -0.4 is 11.1 Å². The summed E-state index contributed by atoms with van der Waals surface area (Å²) in [5.74, 6) is 0.136. The molecular formula is C15H31N3O. The first-order valence-electron chi connectivity index (χ1n) is 7.55. The summed E-state index contributed by atoms with van der Waals surface area (Å²) in [4.78, 5) is 14.5. The van der Waals surface area contributed by atoms with Crippen molar-refractivity contribution in [3.63, 3.8) is 0 Å². The molecule has 0 spiro atoms. The standard InChI is InChI=1S/C15H31N3O/c1-6-11(16)13(15(2,3)4)18-10-8-7-9-12(18)14(19)17-5/h11-13H,6-10,16H2,1-5H3,(H,17,19). The Bertz CT molecular complexity index is 298. The predicted octanol–water partition coefficient (Wildman–Crippen LogP) is 1.74. The fourth-order valence-electron chi connectivity index (χ4n) is 3.34. The molecule has 0 radical (unpaired) electrons. The Balaban J connectivity index is 3.00. The quantitative estimate of drug-likeness (QED) is 0.817. The molecule has 19 heavy (non-hydrogen) atoms. The predicted molar refractivity (Wildman–Crippen MR) is 79.9 cm³/mol. The van der Waals surface area contributed by atoms with E-state index in [0.29, 0.717) is 0 Å². The number of hydrogen-bond acceptors (Lipinski definition) is 3. The molecule has 3 unspecified atom stereocenters. The van der Waals surface area contributed by atoms with Crippen LogP contribution in [0.25, 0.3) is 0 Å². The highest BCUT2D eigenvalue weighted by Gasteiger charge is 2.40. The van der Waals surface area contributed by atoms with Crippen molar-refractivity contribution in [2.75, 3.05) is 13.6 Å². The number of rotatable bonds is 4. The maximum absolute atomic E-state index is 12.1. The first-order valence-corrected chi connectivity index (χ1v) is 7.55. The van der Waals surface area contributed by atoms with Gasteiger partial charge in [-0.3, -0.25) is 9.69 Å². The molecule has 1 aliphatic rings. The van der Waals surface area contributed by atoms with Crippen LogP contribution in [0.3, 0.4) is 0 Å². The highest BCUT2D eigenvalue weighted by atomic mass is 16.2. The number of nitrogens with zero attached hydrogens (tertiary/aromatic N) is 1. The van der Waals surface area contributed by atoms with Crippen molar-refractivity contribution in [3.8, 4) is 0 Å². The molecule has 0 aliphatic carbocycles. The molecule has 0 saturated carbocycles. The molecule has 0 aromatic heterocycles. The van der Waals surface area contributed by atoms with Gasteiger partial charge < -0.3 is 11.1 Å². The molecular weight excluding hydrogens is 238 g/mol. The number of nitrogens with two attached hydrogens (primary N) is 1. The summed E-state index contributed by atoms with van der Waals surface area (Å²) in [5, 5.41) is 2.81. The number of nitrogens with one attached hydrogen (secondary N) is 1. The van der Waals surface area contributed by atoms with Crippen LogP contribution in [0.15, 0.2) is 0 Å². The van der Waals surface area contributed by atoms with Crippen LogP contribution in [0, 0.1) is 5.41 Å². The first-order chi connectivity index (χ1) is 8.82. The van der Waals surface area contributed by atoms with Gasteiger partial charge in [0.2, 0.25) is 5.91 Å². The fourth-order valence-corrected chi connectivity index (χ4v) is 3.34. The Hall–Kier alpha value is -0.610. The zero-order valence-corrected chi connectivity index (χ0v) is 13.2. The Morgan fingerprint density at radius 1 is 1.42 bits per heavy atom. The molecule has 0 aromatic rings. The number of likely N-dealkylation sites (N-methyl/N-ethyl adjacent to an activating group) is 1. The Kier molecular flexibility index (Phi) is 5.81. The lowest BCUT2D eigenvalue weighted by Gasteiger charge is -2.48. The molecule has 4 nitrogen and oxygen atoms in total. The van der Waals surface area contributed by atoms with Crippen LogP contribution in [0.2, 0.25) is 0 Å². The van der Waals surface area contributed by atoms with E-state index in [4.69, 9.17) is 5.73 Å². The van der Waals surface area contributed by atoms with E-state index in [1.165, 1.54) is 0 Å². The van der Waals surface area contributed by atoms with E-state index in [-0.39, 0.29) is 29.4 Å².